The lowest BCUT2D eigenvalue weighted by Gasteiger charge is -2.10. The molecule has 1 rings (SSSR count). The van der Waals surface area contributed by atoms with Crippen LogP contribution in [0.5, 0.6) is 0 Å². The molecule has 0 saturated carbocycles. The molecule has 7 nitrogen and oxygen atoms in total. The predicted molar refractivity (Wildman–Crippen MR) is 74.2 cm³/mol. The van der Waals surface area contributed by atoms with E-state index in [1.165, 1.54) is 31.3 Å². The monoisotopic (exact) mass is 322 g/mol. The van der Waals surface area contributed by atoms with E-state index in [0.717, 1.165) is 0 Å². The SMILES string of the molecule is CCC(O)CNS(=O)(=O)c1ccc(S(=O)(=O)NC)cc1. The molecule has 0 fully saturated rings. The van der Waals surface area contributed by atoms with Crippen molar-refractivity contribution in [3.05, 3.63) is 24.3 Å². The average Bonchev–Trinajstić information content (AvgIpc) is 2.45. The van der Waals surface area contributed by atoms with Crippen LogP contribution in [-0.2, 0) is 20.0 Å². The minimum atomic E-state index is -3.76. The first-order valence-electron chi connectivity index (χ1n) is 5.94. The van der Waals surface area contributed by atoms with E-state index in [1.807, 2.05) is 0 Å². The summed E-state index contributed by atoms with van der Waals surface area (Å²) in [6.45, 7) is 1.64. The van der Waals surface area contributed by atoms with Crippen molar-refractivity contribution in [1.82, 2.24) is 9.44 Å². The van der Waals surface area contributed by atoms with Crippen LogP contribution in [0.3, 0.4) is 0 Å². The number of nitrogens with one attached hydrogen (secondary N) is 2. The van der Waals surface area contributed by atoms with E-state index in [-0.39, 0.29) is 16.3 Å². The van der Waals surface area contributed by atoms with E-state index in [2.05, 4.69) is 9.44 Å². The van der Waals surface area contributed by atoms with Crippen LogP contribution in [-0.4, -0.2) is 41.6 Å². The second kappa shape index (κ2) is 6.64. The van der Waals surface area contributed by atoms with Gasteiger partial charge in [0.15, 0.2) is 0 Å². The van der Waals surface area contributed by atoms with Crippen LogP contribution in [0.2, 0.25) is 0 Å². The standard InChI is InChI=1S/C11H18N2O5S2/c1-3-9(14)8-13-20(17,18)11-6-4-10(5-7-11)19(15,16)12-2/h4-7,9,12-14H,3,8H2,1-2H3. The Bertz CT molecular complexity index is 638. The fraction of sp³-hybridized carbons (Fsp3) is 0.455. The Kier molecular flexibility index (Phi) is 5.66. The molecule has 0 heterocycles. The van der Waals surface area contributed by atoms with Crippen LogP contribution in [0.25, 0.3) is 0 Å². The lowest BCUT2D eigenvalue weighted by Crippen LogP contribution is -2.31. The van der Waals surface area contributed by atoms with Gasteiger partial charge in [0.1, 0.15) is 0 Å². The molecule has 0 bridgehead atoms. The van der Waals surface area contributed by atoms with Crippen molar-refractivity contribution in [1.29, 1.82) is 0 Å². The molecule has 20 heavy (non-hydrogen) atoms. The van der Waals surface area contributed by atoms with Crippen molar-refractivity contribution < 1.29 is 21.9 Å². The van der Waals surface area contributed by atoms with Gasteiger partial charge in [0.05, 0.1) is 15.9 Å². The molecule has 0 saturated heterocycles. The fourth-order valence-electron chi connectivity index (χ4n) is 1.35. The largest absolute Gasteiger partial charge is 0.392 e. The van der Waals surface area contributed by atoms with Gasteiger partial charge >= 0.3 is 0 Å². The number of aliphatic hydroxyl groups excluding tert-OH is 1. The quantitative estimate of drug-likeness (QED) is 0.635. The Labute approximate surface area is 119 Å². The van der Waals surface area contributed by atoms with Gasteiger partial charge in [-0.15, -0.1) is 0 Å². The first kappa shape index (κ1) is 17.1. The van der Waals surface area contributed by atoms with Crippen molar-refractivity contribution in [3.63, 3.8) is 0 Å². The summed E-state index contributed by atoms with van der Waals surface area (Å²) in [5, 5.41) is 9.34. The first-order valence-corrected chi connectivity index (χ1v) is 8.91. The molecular weight excluding hydrogens is 304 g/mol. The summed E-state index contributed by atoms with van der Waals surface area (Å²) < 4.78 is 51.2. The number of sulfonamides is 2. The molecule has 1 aromatic carbocycles. The third-order valence-corrected chi connectivity index (χ3v) is 5.56. The lowest BCUT2D eigenvalue weighted by atomic mass is 10.3. The zero-order valence-corrected chi connectivity index (χ0v) is 12.8. The highest BCUT2D eigenvalue weighted by atomic mass is 32.2. The molecule has 0 aliphatic heterocycles. The second-order valence-electron chi connectivity index (χ2n) is 4.09. The number of rotatable bonds is 7. The summed E-state index contributed by atoms with van der Waals surface area (Å²) in [7, 11) is -6.08. The molecule has 0 aromatic heterocycles. The molecule has 0 aliphatic carbocycles. The molecule has 0 amide bonds. The second-order valence-corrected chi connectivity index (χ2v) is 7.75. The van der Waals surface area contributed by atoms with Gasteiger partial charge < -0.3 is 5.11 Å². The molecule has 3 N–H and O–H groups in total. The topological polar surface area (TPSA) is 113 Å². The average molecular weight is 322 g/mol. The van der Waals surface area contributed by atoms with Crippen molar-refractivity contribution in [3.8, 4) is 0 Å². The summed E-state index contributed by atoms with van der Waals surface area (Å²) in [6.07, 6.45) is -0.323. The van der Waals surface area contributed by atoms with E-state index in [0.29, 0.717) is 6.42 Å². The van der Waals surface area contributed by atoms with Crippen molar-refractivity contribution in [2.24, 2.45) is 0 Å². The highest BCUT2D eigenvalue weighted by molar-refractivity contribution is 7.90. The minimum Gasteiger partial charge on any atom is -0.392 e. The summed E-state index contributed by atoms with van der Waals surface area (Å²) in [4.78, 5) is -0.0802. The molecule has 1 atom stereocenters. The van der Waals surface area contributed by atoms with Crippen LogP contribution in [0.4, 0.5) is 0 Å². The van der Waals surface area contributed by atoms with E-state index < -0.39 is 26.2 Å². The lowest BCUT2D eigenvalue weighted by molar-refractivity contribution is 0.174. The van der Waals surface area contributed by atoms with Gasteiger partial charge in [-0.3, -0.25) is 0 Å². The van der Waals surface area contributed by atoms with Crippen LogP contribution in [0.15, 0.2) is 34.1 Å². The van der Waals surface area contributed by atoms with Gasteiger partial charge in [0.25, 0.3) is 0 Å². The van der Waals surface area contributed by atoms with Crippen molar-refractivity contribution in [2.75, 3.05) is 13.6 Å². The van der Waals surface area contributed by atoms with Crippen molar-refractivity contribution >= 4 is 20.0 Å². The van der Waals surface area contributed by atoms with Gasteiger partial charge in [-0.25, -0.2) is 26.3 Å². The van der Waals surface area contributed by atoms with E-state index in [9.17, 15) is 21.9 Å². The fourth-order valence-corrected chi connectivity index (χ4v) is 3.15. The Balaban J connectivity index is 2.93. The van der Waals surface area contributed by atoms with Gasteiger partial charge in [0, 0.05) is 6.54 Å². The summed E-state index contributed by atoms with van der Waals surface area (Å²) in [6, 6.07) is 4.81. The van der Waals surface area contributed by atoms with Gasteiger partial charge in [-0.05, 0) is 37.7 Å². The molecular formula is C11H18N2O5S2. The normalized spacial score (nSPS) is 14.2. The van der Waals surface area contributed by atoms with Crippen LogP contribution < -0.4 is 9.44 Å². The molecule has 9 heteroatoms. The molecule has 114 valence electrons. The molecule has 1 aromatic rings. The Morgan fingerprint density at radius 3 is 1.90 bits per heavy atom. The summed E-state index contributed by atoms with van der Waals surface area (Å²) in [5.74, 6) is 0. The number of benzene rings is 1. The molecule has 0 aliphatic rings. The summed E-state index contributed by atoms with van der Waals surface area (Å²) >= 11 is 0. The summed E-state index contributed by atoms with van der Waals surface area (Å²) in [5.41, 5.74) is 0. The van der Waals surface area contributed by atoms with E-state index in [4.69, 9.17) is 0 Å². The zero-order valence-electron chi connectivity index (χ0n) is 11.2. The van der Waals surface area contributed by atoms with Crippen molar-refractivity contribution in [2.45, 2.75) is 29.2 Å². The maximum atomic E-state index is 11.9. The van der Waals surface area contributed by atoms with Crippen LogP contribution >= 0.6 is 0 Å². The molecule has 0 radical (unpaired) electrons. The smallest absolute Gasteiger partial charge is 0.240 e. The Morgan fingerprint density at radius 2 is 1.50 bits per heavy atom. The molecule has 1 unspecified atom stereocenters. The molecule has 0 spiro atoms. The number of aliphatic hydroxyl groups is 1. The number of hydrogen-bond donors (Lipinski definition) is 3. The maximum absolute atomic E-state index is 11.9. The third-order valence-electron chi connectivity index (χ3n) is 2.69. The van der Waals surface area contributed by atoms with Gasteiger partial charge in [0.2, 0.25) is 20.0 Å². The Morgan fingerprint density at radius 1 is 1.05 bits per heavy atom. The zero-order chi connectivity index (χ0) is 15.4. The Hall–Kier alpha value is -1.00. The minimum absolute atomic E-state index is 0.0208. The third kappa shape index (κ3) is 4.25. The highest BCUT2D eigenvalue weighted by Crippen LogP contribution is 2.14. The highest BCUT2D eigenvalue weighted by Gasteiger charge is 2.17. The van der Waals surface area contributed by atoms with Crippen LogP contribution in [0.1, 0.15) is 13.3 Å². The van der Waals surface area contributed by atoms with Gasteiger partial charge in [-0.1, -0.05) is 6.92 Å². The van der Waals surface area contributed by atoms with Crippen LogP contribution in [0, 0.1) is 0 Å². The van der Waals surface area contributed by atoms with E-state index >= 15 is 0 Å². The first-order chi connectivity index (χ1) is 9.23. The predicted octanol–water partition coefficient (Wildman–Crippen LogP) is -0.356. The number of hydrogen-bond acceptors (Lipinski definition) is 5. The van der Waals surface area contributed by atoms with Gasteiger partial charge in [-0.2, -0.15) is 0 Å². The maximum Gasteiger partial charge on any atom is 0.240 e. The van der Waals surface area contributed by atoms with E-state index in [1.54, 1.807) is 6.92 Å².